The molecule has 6 nitrogen and oxygen atoms in total. The second kappa shape index (κ2) is 5.79. The molecule has 0 atom stereocenters. The minimum atomic E-state index is 0.288. The Morgan fingerprint density at radius 2 is 1.91 bits per heavy atom. The molecule has 0 bridgehead atoms. The molecule has 0 saturated carbocycles. The molecule has 3 aromatic rings. The number of aromatic nitrogens is 5. The molecule has 0 aliphatic carbocycles. The van der Waals surface area contributed by atoms with E-state index in [1.807, 2.05) is 17.7 Å². The Labute approximate surface area is 142 Å². The van der Waals surface area contributed by atoms with Crippen molar-refractivity contribution < 1.29 is 0 Å². The zero-order valence-electron chi connectivity index (χ0n) is 12.8. The van der Waals surface area contributed by atoms with E-state index in [1.165, 1.54) is 11.1 Å². The molecule has 0 unspecified atom stereocenters. The van der Waals surface area contributed by atoms with Gasteiger partial charge < -0.3 is 10.3 Å². The molecule has 22 heavy (non-hydrogen) atoms. The largest absolute Gasteiger partial charge is 0.368 e. The van der Waals surface area contributed by atoms with Crippen LogP contribution in [0.1, 0.15) is 28.1 Å². The quantitative estimate of drug-likeness (QED) is 0.533. The summed E-state index contributed by atoms with van der Waals surface area (Å²) in [4.78, 5) is 17.5. The van der Waals surface area contributed by atoms with Crippen LogP contribution in [0.4, 0.5) is 5.95 Å². The van der Waals surface area contributed by atoms with Gasteiger partial charge in [0, 0.05) is 16.3 Å². The number of hydrogen-bond acceptors (Lipinski definition) is 5. The van der Waals surface area contributed by atoms with Crippen molar-refractivity contribution in [3.63, 3.8) is 0 Å². The third kappa shape index (κ3) is 2.53. The van der Waals surface area contributed by atoms with Gasteiger partial charge in [-0.2, -0.15) is 4.98 Å². The number of anilines is 1. The summed E-state index contributed by atoms with van der Waals surface area (Å²) in [7, 11) is 0. The van der Waals surface area contributed by atoms with E-state index in [-0.39, 0.29) is 5.95 Å². The molecule has 0 aromatic carbocycles. The Kier molecular flexibility index (Phi) is 3.98. The predicted octanol–water partition coefficient (Wildman–Crippen LogP) is 2.71. The summed E-state index contributed by atoms with van der Waals surface area (Å²) < 4.78 is 2.75. The number of nitrogens with two attached hydrogens (primary N) is 1. The van der Waals surface area contributed by atoms with E-state index in [1.54, 1.807) is 6.33 Å². The van der Waals surface area contributed by atoms with E-state index < -0.39 is 0 Å². The van der Waals surface area contributed by atoms with Gasteiger partial charge in [-0.15, -0.1) is 0 Å². The van der Waals surface area contributed by atoms with E-state index in [0.29, 0.717) is 6.54 Å². The summed E-state index contributed by atoms with van der Waals surface area (Å²) in [6, 6.07) is 0. The molecule has 0 saturated heterocycles. The number of hydrogen-bond donors (Lipinski definition) is 1. The Morgan fingerprint density at radius 3 is 2.64 bits per heavy atom. The molecule has 3 heterocycles. The summed E-state index contributed by atoms with van der Waals surface area (Å²) >= 11 is 2.26. The van der Waals surface area contributed by atoms with Crippen LogP contribution < -0.4 is 5.73 Å². The fourth-order valence-corrected chi connectivity index (χ4v) is 2.99. The Bertz CT molecular complexity index is 855. The van der Waals surface area contributed by atoms with Crippen molar-refractivity contribution in [3.05, 3.63) is 40.6 Å². The van der Waals surface area contributed by atoms with Crippen LogP contribution >= 0.6 is 22.6 Å². The van der Waals surface area contributed by atoms with E-state index in [4.69, 9.17) is 5.73 Å². The van der Waals surface area contributed by atoms with Gasteiger partial charge in [0.2, 0.25) is 5.95 Å². The van der Waals surface area contributed by atoms with Gasteiger partial charge in [0.1, 0.15) is 5.52 Å². The van der Waals surface area contributed by atoms with Crippen LogP contribution in [0.5, 0.6) is 0 Å². The highest BCUT2D eigenvalue weighted by molar-refractivity contribution is 14.1. The molecule has 2 N–H and O–H groups in total. The first-order valence-corrected chi connectivity index (χ1v) is 8.48. The first-order chi connectivity index (χ1) is 10.5. The zero-order chi connectivity index (χ0) is 15.9. The van der Waals surface area contributed by atoms with Crippen molar-refractivity contribution in [2.24, 2.45) is 0 Å². The van der Waals surface area contributed by atoms with Crippen LogP contribution in [-0.4, -0.2) is 24.5 Å². The van der Waals surface area contributed by atoms with E-state index in [2.05, 4.69) is 56.4 Å². The smallest absolute Gasteiger partial charge is 0.222 e. The van der Waals surface area contributed by atoms with Gasteiger partial charge in [0.25, 0.3) is 0 Å². The minimum absolute atomic E-state index is 0.288. The normalized spacial score (nSPS) is 11.3. The summed E-state index contributed by atoms with van der Waals surface area (Å²) in [5.74, 6) is 0.288. The number of pyridine rings is 1. The molecule has 0 amide bonds. The Balaban J connectivity index is 2.09. The van der Waals surface area contributed by atoms with E-state index in [0.717, 1.165) is 32.5 Å². The molecule has 114 valence electrons. The molecule has 3 rings (SSSR count). The molecule has 0 aliphatic rings. The number of nitrogen functional groups attached to an aromatic ring is 1. The maximum Gasteiger partial charge on any atom is 0.222 e. The fraction of sp³-hybridized carbons (Fsp3) is 0.333. The first kappa shape index (κ1) is 15.1. The lowest BCUT2D eigenvalue weighted by atomic mass is 10.0. The van der Waals surface area contributed by atoms with Crippen LogP contribution in [0.15, 0.2) is 12.5 Å². The number of imidazole rings is 1. The molecule has 3 aromatic heterocycles. The molecule has 0 aliphatic heterocycles. The lowest BCUT2D eigenvalue weighted by molar-refractivity contribution is 0.799. The fourth-order valence-electron chi connectivity index (χ4n) is 2.45. The van der Waals surface area contributed by atoms with Crippen molar-refractivity contribution in [2.75, 3.05) is 5.73 Å². The summed E-state index contributed by atoms with van der Waals surface area (Å²) in [5, 5.41) is 0. The third-order valence-corrected chi connectivity index (χ3v) is 4.74. The Hall–Kier alpha value is -1.77. The predicted molar refractivity (Wildman–Crippen MR) is 95.0 cm³/mol. The molecular weight excluding hydrogens is 391 g/mol. The summed E-state index contributed by atoms with van der Waals surface area (Å²) in [6.07, 6.45) is 3.72. The highest BCUT2D eigenvalue weighted by atomic mass is 127. The number of rotatable bonds is 3. The number of fused-ring (bicyclic) bond motifs is 1. The first-order valence-electron chi connectivity index (χ1n) is 6.96. The topological polar surface area (TPSA) is 82.5 Å². The van der Waals surface area contributed by atoms with Crippen LogP contribution in [0.2, 0.25) is 0 Å². The molecule has 0 fully saturated rings. The van der Waals surface area contributed by atoms with Crippen LogP contribution in [0.3, 0.4) is 0 Å². The monoisotopic (exact) mass is 408 g/mol. The highest BCUT2D eigenvalue weighted by Gasteiger charge is 2.13. The lowest BCUT2D eigenvalue weighted by Gasteiger charge is -2.11. The van der Waals surface area contributed by atoms with Crippen molar-refractivity contribution >= 4 is 39.7 Å². The highest BCUT2D eigenvalue weighted by Crippen LogP contribution is 2.21. The summed E-state index contributed by atoms with van der Waals surface area (Å²) in [5.41, 5.74) is 13.0. The van der Waals surface area contributed by atoms with Gasteiger partial charge in [0.15, 0.2) is 5.65 Å². The number of alkyl halides is 1. The Morgan fingerprint density at radius 1 is 1.14 bits per heavy atom. The number of nitrogens with zero attached hydrogens (tertiary/aromatic N) is 5. The zero-order valence-corrected chi connectivity index (χ0v) is 14.9. The van der Waals surface area contributed by atoms with Gasteiger partial charge in [-0.25, -0.2) is 9.97 Å². The van der Waals surface area contributed by atoms with Crippen molar-refractivity contribution in [3.8, 4) is 0 Å². The number of halogens is 1. The van der Waals surface area contributed by atoms with Crippen molar-refractivity contribution in [1.29, 1.82) is 0 Å². The van der Waals surface area contributed by atoms with Gasteiger partial charge in [-0.3, -0.25) is 4.98 Å². The van der Waals surface area contributed by atoms with Gasteiger partial charge in [0.05, 0.1) is 18.6 Å². The number of aryl methyl sites for hydroxylation is 1. The van der Waals surface area contributed by atoms with Crippen molar-refractivity contribution in [2.45, 2.75) is 31.7 Å². The van der Waals surface area contributed by atoms with Gasteiger partial charge in [-0.1, -0.05) is 22.6 Å². The maximum atomic E-state index is 5.82. The second-order valence-corrected chi connectivity index (χ2v) is 6.09. The molecule has 7 heteroatoms. The van der Waals surface area contributed by atoms with E-state index in [9.17, 15) is 0 Å². The van der Waals surface area contributed by atoms with Crippen LogP contribution in [-0.2, 0) is 11.0 Å². The van der Waals surface area contributed by atoms with Crippen LogP contribution in [0.25, 0.3) is 11.2 Å². The molecule has 0 radical (unpaired) electrons. The summed E-state index contributed by atoms with van der Waals surface area (Å²) in [6.45, 7) is 6.92. The SMILES string of the molecule is Cc1ncc(Cn2cnc3c(CI)nc(N)nc32)c(C)c1C. The van der Waals surface area contributed by atoms with Crippen LogP contribution in [0, 0.1) is 20.8 Å². The standard InChI is InChI=1S/C15H17IN6/c1-8-9(2)11(5-18-10(8)3)6-22-7-19-13-12(4-16)20-15(17)21-14(13)22/h5,7H,4,6H2,1-3H3,(H2,17,20,21). The van der Waals surface area contributed by atoms with Crippen molar-refractivity contribution in [1.82, 2.24) is 24.5 Å². The van der Waals surface area contributed by atoms with Gasteiger partial charge >= 0.3 is 0 Å². The molecule has 0 spiro atoms. The average Bonchev–Trinajstić information content (AvgIpc) is 2.90. The minimum Gasteiger partial charge on any atom is -0.368 e. The van der Waals surface area contributed by atoms with Gasteiger partial charge in [-0.05, 0) is 37.5 Å². The second-order valence-electron chi connectivity index (χ2n) is 5.33. The van der Waals surface area contributed by atoms with E-state index >= 15 is 0 Å². The lowest BCUT2D eigenvalue weighted by Crippen LogP contribution is -2.06. The third-order valence-electron chi connectivity index (χ3n) is 4.02. The molecular formula is C15H17IN6. The average molecular weight is 408 g/mol. The maximum absolute atomic E-state index is 5.82.